The molecule has 4 heteroatoms. The zero-order valence-electron chi connectivity index (χ0n) is 15.5. The molecule has 0 heterocycles. The summed E-state index contributed by atoms with van der Waals surface area (Å²) >= 11 is 0. The average Bonchev–Trinajstić information content (AvgIpc) is 2.75. The Kier molecular flexibility index (Phi) is 2.84. The lowest BCUT2D eigenvalue weighted by molar-refractivity contribution is -0.00212. The van der Waals surface area contributed by atoms with Crippen LogP contribution in [0.1, 0.15) is 12.8 Å². The average molecular weight is 349 g/mol. The molecule has 0 radical (unpaired) electrons. The summed E-state index contributed by atoms with van der Waals surface area (Å²) < 4.78 is 13.6. The van der Waals surface area contributed by atoms with Gasteiger partial charge in [0.05, 0.1) is 11.7 Å². The number of hydrogen-bond acceptors (Lipinski definition) is 2. The first-order valence-electron chi connectivity index (χ1n) is 9.67. The Hall–Kier alpha value is 0.0938. The van der Waals surface area contributed by atoms with Crippen LogP contribution in [0.25, 0.3) is 0 Å². The topological polar surface area (TPSA) is 18.5 Å². The fourth-order valence-electron chi connectivity index (χ4n) is 7.30. The van der Waals surface area contributed by atoms with Gasteiger partial charge in [-0.25, -0.2) is 0 Å². The van der Waals surface area contributed by atoms with Crippen LogP contribution in [0.5, 0.6) is 0 Å². The van der Waals surface area contributed by atoms with Crippen molar-refractivity contribution in [3.63, 3.8) is 0 Å². The van der Waals surface area contributed by atoms with E-state index in [1.54, 1.807) is 0 Å². The van der Waals surface area contributed by atoms with E-state index in [4.69, 9.17) is 8.85 Å². The van der Waals surface area contributed by atoms with Crippen molar-refractivity contribution in [3.05, 3.63) is 12.2 Å². The molecule has 0 aromatic carbocycles. The molecule has 128 valence electrons. The lowest BCUT2D eigenvalue weighted by Gasteiger charge is -2.46. The van der Waals surface area contributed by atoms with Crippen LogP contribution >= 0.6 is 0 Å². The van der Waals surface area contributed by atoms with Crippen LogP contribution in [0, 0.1) is 41.4 Å². The van der Waals surface area contributed by atoms with Crippen LogP contribution in [0.3, 0.4) is 0 Å². The van der Waals surface area contributed by atoms with Crippen molar-refractivity contribution in [2.75, 3.05) is 0 Å². The molecule has 9 atom stereocenters. The van der Waals surface area contributed by atoms with Crippen molar-refractivity contribution in [2.45, 2.75) is 63.8 Å². The quantitative estimate of drug-likeness (QED) is 0.549. The number of fused-ring (bicyclic) bond motifs is 5. The van der Waals surface area contributed by atoms with Crippen LogP contribution in [-0.4, -0.2) is 28.3 Å². The molecule has 4 fully saturated rings. The van der Waals surface area contributed by atoms with Gasteiger partial charge in [0.15, 0.2) is 16.6 Å². The lowest BCUT2D eigenvalue weighted by atomic mass is 9.65. The van der Waals surface area contributed by atoms with E-state index in [2.05, 4.69) is 51.4 Å². The highest BCUT2D eigenvalue weighted by Gasteiger charge is 2.81. The van der Waals surface area contributed by atoms with Gasteiger partial charge >= 0.3 is 0 Å². The lowest BCUT2D eigenvalue weighted by Crippen LogP contribution is -2.49. The summed E-state index contributed by atoms with van der Waals surface area (Å²) in [6.07, 6.45) is 8.22. The van der Waals surface area contributed by atoms with Gasteiger partial charge in [0.25, 0.3) is 0 Å². The predicted octanol–water partition coefficient (Wildman–Crippen LogP) is 4.51. The second-order valence-electron chi connectivity index (χ2n) is 10.9. The van der Waals surface area contributed by atoms with Gasteiger partial charge in [-0.05, 0) is 93.5 Å². The van der Waals surface area contributed by atoms with Gasteiger partial charge < -0.3 is 8.85 Å². The molecular formula is C19H32O2Si2. The van der Waals surface area contributed by atoms with Gasteiger partial charge in [0.2, 0.25) is 0 Å². The SMILES string of the molecule is C[Si](C)(C)OC1C=C[C@H]2[C@H]3C[C@H]4[C@@H]2[C@@H]2C[C@]2(O[Si](C)(C)C)[C@H]4[C@@H]13. The Morgan fingerprint density at radius 3 is 2.30 bits per heavy atom. The van der Waals surface area contributed by atoms with Crippen molar-refractivity contribution in [1.29, 1.82) is 0 Å². The molecule has 5 rings (SSSR count). The standard InChI is InChI=1S/C19H32O2Si2/c1-22(2,3)20-15-8-7-11-12-9-13-16(11)14-10-19(14,18(13)17(12)15)21-23(4,5)6/h7-8,11-18H,9-10H2,1-6H3/t11-,12+,13-,14-,15?,16+,17+,18+,19+/m0/s1. The molecule has 2 bridgehead atoms. The Bertz CT molecular complexity index is 575. The van der Waals surface area contributed by atoms with Crippen molar-refractivity contribution < 1.29 is 8.85 Å². The molecule has 2 nitrogen and oxygen atoms in total. The van der Waals surface area contributed by atoms with Crippen molar-refractivity contribution in [2.24, 2.45) is 41.4 Å². The summed E-state index contributed by atoms with van der Waals surface area (Å²) in [5.74, 6) is 6.07. The molecule has 1 unspecified atom stereocenters. The second-order valence-corrected chi connectivity index (χ2v) is 19.8. The fraction of sp³-hybridized carbons (Fsp3) is 0.895. The minimum atomic E-state index is -1.50. The van der Waals surface area contributed by atoms with Crippen LogP contribution in [-0.2, 0) is 8.85 Å². The van der Waals surface area contributed by atoms with Crippen LogP contribution in [0.15, 0.2) is 12.2 Å². The van der Waals surface area contributed by atoms with Crippen LogP contribution in [0.4, 0.5) is 0 Å². The molecule has 0 amide bonds. The highest BCUT2D eigenvalue weighted by atomic mass is 28.4. The highest BCUT2D eigenvalue weighted by molar-refractivity contribution is 6.70. The second kappa shape index (κ2) is 4.25. The Morgan fingerprint density at radius 2 is 1.65 bits per heavy atom. The molecule has 0 N–H and O–H groups in total. The summed E-state index contributed by atoms with van der Waals surface area (Å²) in [4.78, 5) is 0. The summed E-state index contributed by atoms with van der Waals surface area (Å²) in [7, 11) is -2.99. The summed E-state index contributed by atoms with van der Waals surface area (Å²) in [6, 6.07) is 0. The zero-order chi connectivity index (χ0) is 16.4. The van der Waals surface area contributed by atoms with Gasteiger partial charge in [-0.1, -0.05) is 12.2 Å². The van der Waals surface area contributed by atoms with E-state index in [1.807, 2.05) is 0 Å². The smallest absolute Gasteiger partial charge is 0.184 e. The summed E-state index contributed by atoms with van der Waals surface area (Å²) in [5.41, 5.74) is 0.265. The first-order valence-corrected chi connectivity index (χ1v) is 16.5. The minimum absolute atomic E-state index is 0.265. The van der Waals surface area contributed by atoms with Gasteiger partial charge in [-0.2, -0.15) is 0 Å². The zero-order valence-corrected chi connectivity index (χ0v) is 17.5. The first-order chi connectivity index (χ1) is 10.6. The van der Waals surface area contributed by atoms with Crippen molar-refractivity contribution in [3.8, 4) is 0 Å². The van der Waals surface area contributed by atoms with Crippen molar-refractivity contribution in [1.82, 2.24) is 0 Å². The van der Waals surface area contributed by atoms with Crippen LogP contribution < -0.4 is 0 Å². The van der Waals surface area contributed by atoms with Crippen molar-refractivity contribution >= 4 is 16.6 Å². The number of rotatable bonds is 4. The van der Waals surface area contributed by atoms with E-state index >= 15 is 0 Å². The third kappa shape index (κ3) is 1.98. The molecule has 0 aliphatic heterocycles. The maximum Gasteiger partial charge on any atom is 0.184 e. The van der Waals surface area contributed by atoms with E-state index in [9.17, 15) is 0 Å². The molecule has 0 aromatic rings. The van der Waals surface area contributed by atoms with Gasteiger partial charge in [-0.3, -0.25) is 0 Å². The Morgan fingerprint density at radius 1 is 0.913 bits per heavy atom. The Labute approximate surface area is 143 Å². The van der Waals surface area contributed by atoms with Gasteiger partial charge in [-0.15, -0.1) is 0 Å². The van der Waals surface area contributed by atoms with Gasteiger partial charge in [0.1, 0.15) is 0 Å². The van der Waals surface area contributed by atoms with E-state index in [-0.39, 0.29) is 5.60 Å². The van der Waals surface area contributed by atoms with E-state index in [0.717, 1.165) is 41.4 Å². The third-order valence-electron chi connectivity index (χ3n) is 7.27. The number of allylic oxidation sites excluding steroid dienone is 1. The van der Waals surface area contributed by atoms with E-state index < -0.39 is 16.6 Å². The Balaban J connectivity index is 1.51. The maximum absolute atomic E-state index is 6.92. The minimum Gasteiger partial charge on any atom is -0.412 e. The maximum atomic E-state index is 6.92. The molecule has 5 aliphatic carbocycles. The fourth-order valence-corrected chi connectivity index (χ4v) is 9.87. The molecule has 5 aliphatic rings. The normalized spacial score (nSPS) is 55.4. The van der Waals surface area contributed by atoms with E-state index in [1.165, 1.54) is 12.8 Å². The van der Waals surface area contributed by atoms with Gasteiger partial charge in [0, 0.05) is 0 Å². The molecule has 0 aromatic heterocycles. The molecule has 4 saturated carbocycles. The monoisotopic (exact) mass is 348 g/mol. The molecular weight excluding hydrogens is 316 g/mol. The number of hydrogen-bond donors (Lipinski definition) is 0. The largest absolute Gasteiger partial charge is 0.412 e. The predicted molar refractivity (Wildman–Crippen MR) is 98.2 cm³/mol. The summed E-state index contributed by atoms with van der Waals surface area (Å²) in [6.45, 7) is 14.2. The molecule has 0 spiro atoms. The summed E-state index contributed by atoms with van der Waals surface area (Å²) in [5, 5.41) is 0. The first kappa shape index (κ1) is 15.4. The third-order valence-corrected chi connectivity index (χ3v) is 9.24. The molecule has 0 saturated heterocycles. The van der Waals surface area contributed by atoms with E-state index in [0.29, 0.717) is 6.10 Å². The highest BCUT2D eigenvalue weighted by Crippen LogP contribution is 2.81. The molecule has 23 heavy (non-hydrogen) atoms. The van der Waals surface area contributed by atoms with Crippen LogP contribution in [0.2, 0.25) is 39.3 Å².